The number of alkyl halides is 1. The Labute approximate surface area is 132 Å². The smallest absolute Gasteiger partial charge is 0.379 e. The molecule has 3 rings (SSSR count). The number of ether oxygens (including phenoxy) is 1. The van der Waals surface area contributed by atoms with Gasteiger partial charge in [-0.2, -0.15) is 0 Å². The van der Waals surface area contributed by atoms with Gasteiger partial charge in [0, 0.05) is 12.2 Å². The second-order valence-corrected chi connectivity index (χ2v) is 5.21. The van der Waals surface area contributed by atoms with Crippen LogP contribution in [0.25, 0.3) is 0 Å². The van der Waals surface area contributed by atoms with Crippen LogP contribution >= 0.6 is 11.6 Å². The van der Waals surface area contributed by atoms with Crippen LogP contribution in [-0.4, -0.2) is 24.3 Å². The van der Waals surface area contributed by atoms with Crippen molar-refractivity contribution in [3.63, 3.8) is 0 Å². The fraction of sp³-hybridized carbons (Fsp3) is 0.250. The fourth-order valence-corrected chi connectivity index (χ4v) is 2.66. The summed E-state index contributed by atoms with van der Waals surface area (Å²) in [6.07, 6.45) is 3.10. The number of hydrogen-bond acceptors (Lipinski definition) is 4. The number of halogens is 1. The molecule has 1 amide bonds. The third-order valence-corrected chi connectivity index (χ3v) is 3.75. The number of nitrogens with zero attached hydrogens (tertiary/aromatic N) is 1. The Morgan fingerprint density at radius 2 is 2.18 bits per heavy atom. The molecule has 0 unspecified atom stereocenters. The lowest BCUT2D eigenvalue weighted by molar-refractivity contribution is -0.116. The van der Waals surface area contributed by atoms with Gasteiger partial charge in [-0.25, -0.2) is 4.79 Å². The van der Waals surface area contributed by atoms with Crippen LogP contribution in [0.5, 0.6) is 5.75 Å². The van der Waals surface area contributed by atoms with E-state index < -0.39 is 5.97 Å². The molecule has 0 saturated heterocycles. The molecule has 0 N–H and O–H groups in total. The van der Waals surface area contributed by atoms with Crippen molar-refractivity contribution in [3.8, 4) is 5.75 Å². The molecule has 1 aromatic carbocycles. The Morgan fingerprint density at radius 3 is 2.91 bits per heavy atom. The molecule has 6 heteroatoms. The van der Waals surface area contributed by atoms with Crippen molar-refractivity contribution in [2.75, 3.05) is 17.3 Å². The number of anilines is 1. The number of aryl methyl sites for hydroxylation is 1. The van der Waals surface area contributed by atoms with Gasteiger partial charge in [0.25, 0.3) is 0 Å². The van der Waals surface area contributed by atoms with E-state index >= 15 is 0 Å². The standard InChI is InChI=1S/C16H14ClNO4/c17-10-15(19)18-7-1-3-11-9-12(5-6-13(11)18)22-16(20)14-4-2-8-21-14/h2,4-6,8-9H,1,3,7,10H2. The summed E-state index contributed by atoms with van der Waals surface area (Å²) in [7, 11) is 0. The SMILES string of the molecule is O=C(Oc1ccc2c(c1)CCCN2C(=O)CCl)c1ccco1. The minimum atomic E-state index is -0.547. The Bertz CT molecular complexity index is 696. The van der Waals surface area contributed by atoms with Gasteiger partial charge in [-0.15, -0.1) is 11.6 Å². The highest BCUT2D eigenvalue weighted by Crippen LogP contribution is 2.31. The number of fused-ring (bicyclic) bond motifs is 1. The van der Waals surface area contributed by atoms with Crippen molar-refractivity contribution < 1.29 is 18.7 Å². The van der Waals surface area contributed by atoms with E-state index in [9.17, 15) is 9.59 Å². The van der Waals surface area contributed by atoms with Crippen molar-refractivity contribution in [3.05, 3.63) is 47.9 Å². The molecule has 22 heavy (non-hydrogen) atoms. The van der Waals surface area contributed by atoms with E-state index in [2.05, 4.69) is 0 Å². The molecule has 1 aromatic heterocycles. The topological polar surface area (TPSA) is 59.8 Å². The number of carbonyl (C=O) groups excluding carboxylic acids is 2. The maximum absolute atomic E-state index is 11.9. The van der Waals surface area contributed by atoms with Crippen LogP contribution < -0.4 is 9.64 Å². The van der Waals surface area contributed by atoms with Gasteiger partial charge in [-0.1, -0.05) is 0 Å². The molecule has 114 valence electrons. The molecule has 0 bridgehead atoms. The van der Waals surface area contributed by atoms with E-state index in [-0.39, 0.29) is 17.5 Å². The lowest BCUT2D eigenvalue weighted by Crippen LogP contribution is -2.36. The molecule has 0 fully saturated rings. The predicted molar refractivity (Wildman–Crippen MR) is 81.5 cm³/mol. The molecule has 2 aromatic rings. The van der Waals surface area contributed by atoms with E-state index in [4.69, 9.17) is 20.8 Å². The summed E-state index contributed by atoms with van der Waals surface area (Å²) in [5.74, 6) is -0.135. The summed E-state index contributed by atoms with van der Waals surface area (Å²) in [5.41, 5.74) is 1.80. The number of esters is 1. The monoisotopic (exact) mass is 319 g/mol. The first-order chi connectivity index (χ1) is 10.7. The largest absolute Gasteiger partial charge is 0.457 e. The Kier molecular flexibility index (Phi) is 4.15. The van der Waals surface area contributed by atoms with Crippen LogP contribution in [0.3, 0.4) is 0 Å². The maximum Gasteiger partial charge on any atom is 0.379 e. The molecular formula is C16H14ClNO4. The molecule has 5 nitrogen and oxygen atoms in total. The van der Waals surface area contributed by atoms with E-state index in [0.29, 0.717) is 12.3 Å². The summed E-state index contributed by atoms with van der Waals surface area (Å²) in [5, 5.41) is 0. The number of amides is 1. The third kappa shape index (κ3) is 2.85. The highest BCUT2D eigenvalue weighted by molar-refractivity contribution is 6.29. The number of furan rings is 1. The lowest BCUT2D eigenvalue weighted by atomic mass is 10.0. The van der Waals surface area contributed by atoms with Gasteiger partial charge in [0.05, 0.1) is 6.26 Å². The van der Waals surface area contributed by atoms with Crippen molar-refractivity contribution in [1.82, 2.24) is 0 Å². The normalized spacial score (nSPS) is 13.6. The summed E-state index contributed by atoms with van der Waals surface area (Å²) >= 11 is 5.64. The molecule has 0 saturated carbocycles. The Balaban J connectivity index is 1.82. The Morgan fingerprint density at radius 1 is 1.32 bits per heavy atom. The van der Waals surface area contributed by atoms with Gasteiger partial charge in [-0.3, -0.25) is 4.79 Å². The lowest BCUT2D eigenvalue weighted by Gasteiger charge is -2.29. The zero-order valence-electron chi connectivity index (χ0n) is 11.8. The van der Waals surface area contributed by atoms with Crippen LogP contribution in [0, 0.1) is 0 Å². The molecule has 0 spiro atoms. The van der Waals surface area contributed by atoms with E-state index in [1.807, 2.05) is 0 Å². The van der Waals surface area contributed by atoms with Crippen LogP contribution in [-0.2, 0) is 11.2 Å². The highest BCUT2D eigenvalue weighted by Gasteiger charge is 2.22. The van der Waals surface area contributed by atoms with Crippen molar-refractivity contribution in [1.29, 1.82) is 0 Å². The average Bonchev–Trinajstić information content (AvgIpc) is 3.08. The van der Waals surface area contributed by atoms with Crippen LogP contribution in [0.1, 0.15) is 22.5 Å². The number of rotatable bonds is 3. The maximum atomic E-state index is 11.9. The van der Waals surface area contributed by atoms with Gasteiger partial charge in [0.15, 0.2) is 0 Å². The van der Waals surface area contributed by atoms with Gasteiger partial charge >= 0.3 is 5.97 Å². The second-order valence-electron chi connectivity index (χ2n) is 4.94. The van der Waals surface area contributed by atoms with E-state index in [1.54, 1.807) is 35.2 Å². The molecule has 2 heterocycles. The van der Waals surface area contributed by atoms with Crippen LogP contribution in [0.2, 0.25) is 0 Å². The quantitative estimate of drug-likeness (QED) is 0.496. The van der Waals surface area contributed by atoms with Gasteiger partial charge < -0.3 is 14.1 Å². The molecule has 0 aliphatic carbocycles. The zero-order chi connectivity index (χ0) is 15.5. The fourth-order valence-electron chi connectivity index (χ4n) is 2.52. The molecule has 1 aliphatic heterocycles. The number of carbonyl (C=O) groups is 2. The van der Waals surface area contributed by atoms with Crippen LogP contribution in [0.4, 0.5) is 5.69 Å². The van der Waals surface area contributed by atoms with Gasteiger partial charge in [0.2, 0.25) is 11.7 Å². The van der Waals surface area contributed by atoms with Crippen LogP contribution in [0.15, 0.2) is 41.0 Å². The minimum Gasteiger partial charge on any atom is -0.457 e. The van der Waals surface area contributed by atoms with Gasteiger partial charge in [0.1, 0.15) is 11.6 Å². The first-order valence-corrected chi connectivity index (χ1v) is 7.47. The third-order valence-electron chi connectivity index (χ3n) is 3.52. The molecule has 0 atom stereocenters. The second kappa shape index (κ2) is 6.23. The first-order valence-electron chi connectivity index (χ1n) is 6.94. The number of benzene rings is 1. The highest BCUT2D eigenvalue weighted by atomic mass is 35.5. The van der Waals surface area contributed by atoms with Crippen molar-refractivity contribution in [2.45, 2.75) is 12.8 Å². The van der Waals surface area contributed by atoms with Crippen molar-refractivity contribution in [2.24, 2.45) is 0 Å². The minimum absolute atomic E-state index is 0.0470. The molecule has 1 aliphatic rings. The number of hydrogen-bond donors (Lipinski definition) is 0. The summed E-state index contributed by atoms with van der Waals surface area (Å²) in [6.45, 7) is 0.657. The molecule has 0 radical (unpaired) electrons. The summed E-state index contributed by atoms with van der Waals surface area (Å²) < 4.78 is 10.3. The summed E-state index contributed by atoms with van der Waals surface area (Å²) in [6, 6.07) is 8.40. The first kappa shape index (κ1) is 14.7. The van der Waals surface area contributed by atoms with Crippen molar-refractivity contribution >= 4 is 29.2 Å². The summed E-state index contributed by atoms with van der Waals surface area (Å²) in [4.78, 5) is 25.4. The Hall–Kier alpha value is -2.27. The molecular weight excluding hydrogens is 306 g/mol. The average molecular weight is 320 g/mol. The van der Waals surface area contributed by atoms with E-state index in [1.165, 1.54) is 6.26 Å². The zero-order valence-corrected chi connectivity index (χ0v) is 12.5. The van der Waals surface area contributed by atoms with E-state index in [0.717, 1.165) is 24.1 Å². The van der Waals surface area contributed by atoms with Gasteiger partial charge in [-0.05, 0) is 48.7 Å². The predicted octanol–water partition coefficient (Wildman–Crippen LogP) is 3.02.